The molecule has 0 fully saturated rings. The average Bonchev–Trinajstić information content (AvgIpc) is 2.51. The van der Waals surface area contributed by atoms with Crippen LogP contribution in [0.5, 0.6) is 0 Å². The zero-order chi connectivity index (χ0) is 11.6. The van der Waals surface area contributed by atoms with Crippen molar-refractivity contribution in [3.8, 4) is 0 Å². The summed E-state index contributed by atoms with van der Waals surface area (Å²) in [7, 11) is -3.35. The first kappa shape index (κ1) is 13.2. The van der Waals surface area contributed by atoms with Crippen molar-refractivity contribution in [1.29, 1.82) is 0 Å². The fourth-order valence-corrected chi connectivity index (χ4v) is 4.30. The first-order valence-electron chi connectivity index (χ1n) is 4.60. The van der Waals surface area contributed by atoms with Gasteiger partial charge in [0.05, 0.1) is 3.79 Å². The van der Waals surface area contributed by atoms with Gasteiger partial charge in [-0.15, -0.1) is 11.3 Å². The lowest BCUT2D eigenvalue weighted by molar-refractivity contribution is 0.477. The molecule has 0 aliphatic rings. The molecule has 0 aliphatic heterocycles. The summed E-state index contributed by atoms with van der Waals surface area (Å²) < 4.78 is 27.5. The van der Waals surface area contributed by atoms with Crippen LogP contribution in [0, 0.1) is 5.92 Å². The van der Waals surface area contributed by atoms with E-state index < -0.39 is 10.0 Å². The second-order valence-corrected chi connectivity index (χ2v) is 8.12. The smallest absolute Gasteiger partial charge is 0.207 e. The summed E-state index contributed by atoms with van der Waals surface area (Å²) in [6.45, 7) is 5.83. The van der Waals surface area contributed by atoms with E-state index in [0.29, 0.717) is 4.21 Å². The molecule has 1 N–H and O–H groups in total. The highest BCUT2D eigenvalue weighted by Gasteiger charge is 2.20. The topological polar surface area (TPSA) is 46.2 Å². The average molecular weight is 312 g/mol. The summed E-state index contributed by atoms with van der Waals surface area (Å²) in [5.41, 5.74) is 0. The molecule has 0 radical (unpaired) electrons. The maximum absolute atomic E-state index is 11.8. The number of hydrogen-bond donors (Lipinski definition) is 1. The Balaban J connectivity index is 2.85. The molecule has 0 amide bonds. The van der Waals surface area contributed by atoms with Crippen LogP contribution in [-0.2, 0) is 10.0 Å². The van der Waals surface area contributed by atoms with E-state index in [1.807, 2.05) is 20.8 Å². The fourth-order valence-electron chi connectivity index (χ4n) is 0.881. The van der Waals surface area contributed by atoms with Crippen LogP contribution in [0.4, 0.5) is 0 Å². The van der Waals surface area contributed by atoms with Gasteiger partial charge in [-0.1, -0.05) is 13.8 Å². The van der Waals surface area contributed by atoms with Gasteiger partial charge in [0.2, 0.25) is 10.0 Å². The molecule has 0 unspecified atom stereocenters. The molecule has 0 aliphatic carbocycles. The lowest BCUT2D eigenvalue weighted by Gasteiger charge is -2.16. The molecule has 0 saturated heterocycles. The lowest BCUT2D eigenvalue weighted by atomic mass is 10.1. The van der Waals surface area contributed by atoms with Crippen LogP contribution in [-0.4, -0.2) is 14.5 Å². The molecular formula is C9H14BrNO2S2. The van der Waals surface area contributed by atoms with Crippen LogP contribution in [0.3, 0.4) is 0 Å². The van der Waals surface area contributed by atoms with E-state index in [-0.39, 0.29) is 12.0 Å². The molecule has 0 saturated carbocycles. The third kappa shape index (κ3) is 3.55. The zero-order valence-electron chi connectivity index (χ0n) is 8.82. The van der Waals surface area contributed by atoms with Crippen molar-refractivity contribution in [2.75, 3.05) is 0 Å². The Kier molecular flexibility index (Phi) is 4.34. The molecular weight excluding hydrogens is 298 g/mol. The van der Waals surface area contributed by atoms with Gasteiger partial charge in [-0.25, -0.2) is 13.1 Å². The zero-order valence-corrected chi connectivity index (χ0v) is 12.0. The van der Waals surface area contributed by atoms with Crippen LogP contribution in [0.1, 0.15) is 20.8 Å². The molecule has 0 bridgehead atoms. The van der Waals surface area contributed by atoms with Crippen molar-refractivity contribution in [2.24, 2.45) is 5.92 Å². The maximum Gasteiger partial charge on any atom is 0.250 e. The summed E-state index contributed by atoms with van der Waals surface area (Å²) in [6.07, 6.45) is 0. The first-order valence-corrected chi connectivity index (χ1v) is 7.70. The van der Waals surface area contributed by atoms with Crippen molar-refractivity contribution < 1.29 is 8.42 Å². The predicted octanol–water partition coefficient (Wildman–Crippen LogP) is 2.83. The molecule has 15 heavy (non-hydrogen) atoms. The molecule has 1 aromatic heterocycles. The van der Waals surface area contributed by atoms with Gasteiger partial charge < -0.3 is 0 Å². The Bertz CT molecular complexity index is 425. The van der Waals surface area contributed by atoms with Gasteiger partial charge in [0.15, 0.2) is 0 Å². The Hall–Kier alpha value is 0.0900. The van der Waals surface area contributed by atoms with E-state index in [1.165, 1.54) is 11.3 Å². The first-order chi connectivity index (χ1) is 6.83. The maximum atomic E-state index is 11.8. The van der Waals surface area contributed by atoms with E-state index >= 15 is 0 Å². The molecule has 0 spiro atoms. The number of sulfonamides is 1. The van der Waals surface area contributed by atoms with Crippen molar-refractivity contribution in [1.82, 2.24) is 4.72 Å². The quantitative estimate of drug-likeness (QED) is 0.929. The second-order valence-electron chi connectivity index (χ2n) is 3.71. The van der Waals surface area contributed by atoms with Gasteiger partial charge in [0, 0.05) is 6.04 Å². The van der Waals surface area contributed by atoms with Crippen LogP contribution >= 0.6 is 27.3 Å². The van der Waals surface area contributed by atoms with E-state index in [0.717, 1.165) is 3.79 Å². The molecule has 1 atom stereocenters. The largest absolute Gasteiger partial charge is 0.250 e. The Morgan fingerprint density at radius 2 is 1.93 bits per heavy atom. The molecule has 3 nitrogen and oxygen atoms in total. The van der Waals surface area contributed by atoms with Crippen LogP contribution in [0.2, 0.25) is 0 Å². The fraction of sp³-hybridized carbons (Fsp3) is 0.556. The third-order valence-corrected chi connectivity index (χ3v) is 5.83. The molecule has 0 aromatic carbocycles. The van der Waals surface area contributed by atoms with Crippen molar-refractivity contribution in [2.45, 2.75) is 31.0 Å². The minimum Gasteiger partial charge on any atom is -0.207 e. The van der Waals surface area contributed by atoms with E-state index in [9.17, 15) is 8.42 Å². The van der Waals surface area contributed by atoms with E-state index in [2.05, 4.69) is 20.7 Å². The SMILES string of the molecule is CC(C)[C@@H](C)NS(=O)(=O)c1ccc(Br)s1. The number of halogens is 1. The standard InChI is InChI=1S/C9H14BrNO2S2/c1-6(2)7(3)11-15(12,13)9-5-4-8(10)14-9/h4-7,11H,1-3H3/t7-/m1/s1. The van der Waals surface area contributed by atoms with Gasteiger partial charge in [-0.05, 0) is 40.9 Å². The molecule has 1 rings (SSSR count). The van der Waals surface area contributed by atoms with E-state index in [1.54, 1.807) is 12.1 Å². The van der Waals surface area contributed by atoms with E-state index in [4.69, 9.17) is 0 Å². The summed E-state index contributed by atoms with van der Waals surface area (Å²) in [4.78, 5) is 0. The number of nitrogens with one attached hydrogen (secondary N) is 1. The van der Waals surface area contributed by atoms with Gasteiger partial charge in [0.1, 0.15) is 4.21 Å². The van der Waals surface area contributed by atoms with Crippen molar-refractivity contribution in [3.63, 3.8) is 0 Å². The highest BCUT2D eigenvalue weighted by molar-refractivity contribution is 9.11. The van der Waals surface area contributed by atoms with Crippen LogP contribution in [0.15, 0.2) is 20.1 Å². The summed E-state index contributed by atoms with van der Waals surface area (Å²) >= 11 is 4.46. The Labute approximate surface area is 103 Å². The van der Waals surface area contributed by atoms with Gasteiger partial charge >= 0.3 is 0 Å². The third-order valence-electron chi connectivity index (χ3n) is 2.15. The normalized spacial score (nSPS) is 14.5. The Morgan fingerprint density at radius 3 is 2.33 bits per heavy atom. The summed E-state index contributed by atoms with van der Waals surface area (Å²) in [5.74, 6) is 0.281. The monoisotopic (exact) mass is 311 g/mol. The minimum atomic E-state index is -3.35. The molecule has 86 valence electrons. The van der Waals surface area contributed by atoms with Gasteiger partial charge in [-0.2, -0.15) is 0 Å². The highest BCUT2D eigenvalue weighted by Crippen LogP contribution is 2.26. The predicted molar refractivity (Wildman–Crippen MR) is 66.6 cm³/mol. The highest BCUT2D eigenvalue weighted by atomic mass is 79.9. The molecule has 1 aromatic rings. The molecule has 6 heteroatoms. The van der Waals surface area contributed by atoms with Gasteiger partial charge in [0.25, 0.3) is 0 Å². The van der Waals surface area contributed by atoms with Crippen molar-refractivity contribution in [3.05, 3.63) is 15.9 Å². The Morgan fingerprint density at radius 1 is 1.33 bits per heavy atom. The lowest BCUT2D eigenvalue weighted by Crippen LogP contribution is -2.35. The van der Waals surface area contributed by atoms with Crippen LogP contribution in [0.25, 0.3) is 0 Å². The second kappa shape index (κ2) is 4.95. The summed E-state index contributed by atoms with van der Waals surface area (Å²) in [6, 6.07) is 3.28. The van der Waals surface area contributed by atoms with Crippen LogP contribution < -0.4 is 4.72 Å². The number of hydrogen-bond acceptors (Lipinski definition) is 3. The van der Waals surface area contributed by atoms with Gasteiger partial charge in [-0.3, -0.25) is 0 Å². The molecule has 1 heterocycles. The van der Waals surface area contributed by atoms with Crippen molar-refractivity contribution >= 4 is 37.3 Å². The number of thiophene rings is 1. The minimum absolute atomic E-state index is 0.0594. The number of rotatable bonds is 4. The summed E-state index contributed by atoms with van der Waals surface area (Å²) in [5, 5.41) is 0.